The van der Waals surface area contributed by atoms with Crippen LogP contribution in [0.2, 0.25) is 0 Å². The number of thiophene rings is 1. The number of fused-ring (bicyclic) bond motifs is 7. The number of aromatic nitrogens is 1. The molecule has 0 saturated carbocycles. The molecular weight excluding hydrogens is 699 g/mol. The molecule has 0 aliphatic heterocycles. The SMILES string of the molecule is c1ccc(N(c2ccccc2)c2cc(N(c3ccccc3)c3ccccc3)c3c4cc5ccccc5cc4n(-c4ccc5c(c4)sc4ccccc45)c3c2)cc1. The summed E-state index contributed by atoms with van der Waals surface area (Å²) >= 11 is 1.86. The van der Waals surface area contributed by atoms with E-state index in [2.05, 4.69) is 227 Å². The highest BCUT2D eigenvalue weighted by atomic mass is 32.1. The van der Waals surface area contributed by atoms with E-state index < -0.39 is 0 Å². The van der Waals surface area contributed by atoms with Crippen molar-refractivity contribution in [2.45, 2.75) is 0 Å². The zero-order valence-corrected chi connectivity index (χ0v) is 31.3. The molecule has 11 rings (SSSR count). The molecular formula is C52H35N3S. The lowest BCUT2D eigenvalue weighted by molar-refractivity contribution is 1.18. The summed E-state index contributed by atoms with van der Waals surface area (Å²) in [5.41, 5.74) is 9.99. The lowest BCUT2D eigenvalue weighted by atomic mass is 10.0. The standard InChI is InChI=1S/C52H35N3S/c1-5-19-38(20-6-1)53(39-21-7-2-8-22-39)43-33-48(54(40-23-9-3-10-24-40)41-25-11-4-12-26-41)52-46-31-36-17-13-14-18-37(36)32-47(46)55(49(52)34-43)42-29-30-45-44-27-15-16-28-50(44)56-51(45)35-42/h1-35H. The van der Waals surface area contributed by atoms with E-state index in [-0.39, 0.29) is 0 Å². The van der Waals surface area contributed by atoms with Crippen molar-refractivity contribution in [3.63, 3.8) is 0 Å². The van der Waals surface area contributed by atoms with E-state index in [0.29, 0.717) is 0 Å². The van der Waals surface area contributed by atoms with E-state index >= 15 is 0 Å². The normalized spacial score (nSPS) is 11.6. The first-order valence-corrected chi connectivity index (χ1v) is 19.8. The van der Waals surface area contributed by atoms with E-state index in [4.69, 9.17) is 0 Å². The van der Waals surface area contributed by atoms with Gasteiger partial charge in [-0.3, -0.25) is 0 Å². The first-order valence-electron chi connectivity index (χ1n) is 19.0. The van der Waals surface area contributed by atoms with Gasteiger partial charge in [0.05, 0.1) is 22.4 Å². The third-order valence-electron chi connectivity index (χ3n) is 10.9. The van der Waals surface area contributed by atoms with Gasteiger partial charge in [0.15, 0.2) is 0 Å². The van der Waals surface area contributed by atoms with Crippen molar-refractivity contribution in [3.8, 4) is 5.69 Å². The lowest BCUT2D eigenvalue weighted by Gasteiger charge is -2.30. The quantitative estimate of drug-likeness (QED) is 0.162. The van der Waals surface area contributed by atoms with Crippen LogP contribution in [0.3, 0.4) is 0 Å². The minimum absolute atomic E-state index is 1.07. The summed E-state index contributed by atoms with van der Waals surface area (Å²) in [4.78, 5) is 4.80. The Morgan fingerprint density at radius 3 is 1.48 bits per heavy atom. The minimum Gasteiger partial charge on any atom is -0.310 e. The fraction of sp³-hybridized carbons (Fsp3) is 0. The van der Waals surface area contributed by atoms with E-state index in [1.54, 1.807) is 0 Å². The molecule has 0 unspecified atom stereocenters. The molecule has 4 heteroatoms. The number of anilines is 6. The van der Waals surface area contributed by atoms with Gasteiger partial charge in [0.2, 0.25) is 0 Å². The van der Waals surface area contributed by atoms with Crippen LogP contribution in [0.15, 0.2) is 212 Å². The average Bonchev–Trinajstić information content (AvgIpc) is 3.79. The van der Waals surface area contributed by atoms with Gasteiger partial charge in [0.25, 0.3) is 0 Å². The molecule has 2 aromatic heterocycles. The lowest BCUT2D eigenvalue weighted by Crippen LogP contribution is -2.14. The fourth-order valence-electron chi connectivity index (χ4n) is 8.41. The van der Waals surface area contributed by atoms with Crippen molar-refractivity contribution >= 4 is 98.2 Å². The minimum atomic E-state index is 1.07. The van der Waals surface area contributed by atoms with Crippen molar-refractivity contribution in [2.75, 3.05) is 9.80 Å². The highest BCUT2D eigenvalue weighted by Gasteiger charge is 2.25. The van der Waals surface area contributed by atoms with Crippen LogP contribution in [0.5, 0.6) is 0 Å². The van der Waals surface area contributed by atoms with E-state index in [0.717, 1.165) is 45.3 Å². The van der Waals surface area contributed by atoms with Gasteiger partial charge in [-0.1, -0.05) is 121 Å². The summed E-state index contributed by atoms with van der Waals surface area (Å²) in [6.07, 6.45) is 0. The second kappa shape index (κ2) is 13.3. The van der Waals surface area contributed by atoms with Crippen molar-refractivity contribution in [1.82, 2.24) is 4.57 Å². The first kappa shape index (κ1) is 32.3. The summed E-state index contributed by atoms with van der Waals surface area (Å²) in [6, 6.07) is 77.0. The number of benzene rings is 9. The predicted octanol–water partition coefficient (Wildman–Crippen LogP) is 15.2. The zero-order chi connectivity index (χ0) is 37.0. The number of rotatable bonds is 7. The molecule has 0 amide bonds. The summed E-state index contributed by atoms with van der Waals surface area (Å²) in [7, 11) is 0. The predicted molar refractivity (Wildman–Crippen MR) is 241 cm³/mol. The zero-order valence-electron chi connectivity index (χ0n) is 30.5. The molecule has 9 aromatic carbocycles. The molecule has 0 aliphatic rings. The maximum Gasteiger partial charge on any atom is 0.0583 e. The van der Waals surface area contributed by atoms with Gasteiger partial charge in [0.1, 0.15) is 0 Å². The van der Waals surface area contributed by atoms with Gasteiger partial charge in [0, 0.05) is 59.4 Å². The topological polar surface area (TPSA) is 11.4 Å². The first-order chi connectivity index (χ1) is 27.8. The molecule has 0 atom stereocenters. The monoisotopic (exact) mass is 733 g/mol. The third-order valence-corrected chi connectivity index (χ3v) is 12.0. The van der Waals surface area contributed by atoms with E-state index in [1.165, 1.54) is 47.2 Å². The van der Waals surface area contributed by atoms with Crippen LogP contribution in [0, 0.1) is 0 Å². The van der Waals surface area contributed by atoms with Gasteiger partial charge >= 0.3 is 0 Å². The van der Waals surface area contributed by atoms with Gasteiger partial charge in [-0.25, -0.2) is 0 Å². The molecule has 0 saturated heterocycles. The summed E-state index contributed by atoms with van der Waals surface area (Å²) < 4.78 is 5.08. The molecule has 0 radical (unpaired) electrons. The Bertz CT molecular complexity index is 3110. The van der Waals surface area contributed by atoms with Gasteiger partial charge in [-0.15, -0.1) is 11.3 Å². The van der Waals surface area contributed by atoms with Crippen LogP contribution >= 0.6 is 11.3 Å². The second-order valence-electron chi connectivity index (χ2n) is 14.2. The molecule has 0 spiro atoms. The van der Waals surface area contributed by atoms with Crippen LogP contribution in [0.1, 0.15) is 0 Å². The Labute approximate surface area is 329 Å². The maximum absolute atomic E-state index is 2.50. The number of nitrogens with zero attached hydrogens (tertiary/aromatic N) is 3. The third kappa shape index (κ3) is 5.34. The molecule has 0 aliphatic carbocycles. The Hall–Kier alpha value is -7.14. The molecule has 264 valence electrons. The Morgan fingerprint density at radius 1 is 0.339 bits per heavy atom. The number of hydrogen-bond donors (Lipinski definition) is 0. The van der Waals surface area contributed by atoms with E-state index in [1.807, 2.05) is 11.3 Å². The second-order valence-corrected chi connectivity index (χ2v) is 15.3. The van der Waals surface area contributed by atoms with Crippen LogP contribution < -0.4 is 9.80 Å². The average molecular weight is 734 g/mol. The fourth-order valence-corrected chi connectivity index (χ4v) is 9.55. The molecule has 0 N–H and O–H groups in total. The van der Waals surface area contributed by atoms with Crippen molar-refractivity contribution in [1.29, 1.82) is 0 Å². The largest absolute Gasteiger partial charge is 0.310 e. The molecule has 0 fully saturated rings. The van der Waals surface area contributed by atoms with Crippen LogP contribution in [-0.2, 0) is 0 Å². The van der Waals surface area contributed by atoms with Crippen molar-refractivity contribution < 1.29 is 0 Å². The summed E-state index contributed by atoms with van der Waals surface area (Å²) in [6.45, 7) is 0. The molecule has 3 nitrogen and oxygen atoms in total. The Morgan fingerprint density at radius 2 is 0.857 bits per heavy atom. The number of para-hydroxylation sites is 4. The highest BCUT2D eigenvalue weighted by Crippen LogP contribution is 2.49. The smallest absolute Gasteiger partial charge is 0.0583 e. The molecule has 56 heavy (non-hydrogen) atoms. The molecule has 2 heterocycles. The van der Waals surface area contributed by atoms with Gasteiger partial charge in [-0.05, 0) is 102 Å². The number of hydrogen-bond acceptors (Lipinski definition) is 3. The summed E-state index contributed by atoms with van der Waals surface area (Å²) in [5, 5.41) is 7.43. The van der Waals surface area contributed by atoms with Crippen LogP contribution in [0.4, 0.5) is 34.1 Å². The van der Waals surface area contributed by atoms with Crippen LogP contribution in [0.25, 0.3) is 58.4 Å². The van der Waals surface area contributed by atoms with Gasteiger partial charge in [-0.2, -0.15) is 0 Å². The van der Waals surface area contributed by atoms with Crippen molar-refractivity contribution in [3.05, 3.63) is 212 Å². The van der Waals surface area contributed by atoms with Gasteiger partial charge < -0.3 is 14.4 Å². The highest BCUT2D eigenvalue weighted by molar-refractivity contribution is 7.25. The van der Waals surface area contributed by atoms with E-state index in [9.17, 15) is 0 Å². The summed E-state index contributed by atoms with van der Waals surface area (Å²) in [5.74, 6) is 0. The molecule has 11 aromatic rings. The molecule has 0 bridgehead atoms. The Kier molecular flexibility index (Phi) is 7.68. The van der Waals surface area contributed by atoms with Crippen molar-refractivity contribution in [2.24, 2.45) is 0 Å². The maximum atomic E-state index is 2.50. The Balaban J connectivity index is 1.31. The van der Waals surface area contributed by atoms with Crippen LogP contribution in [-0.4, -0.2) is 4.57 Å².